The number of nitrogen functional groups attached to an aromatic ring is 1. The Morgan fingerprint density at radius 3 is 3.00 bits per heavy atom. The zero-order valence-corrected chi connectivity index (χ0v) is 11.9. The van der Waals surface area contributed by atoms with Gasteiger partial charge >= 0.3 is 0 Å². The van der Waals surface area contributed by atoms with Crippen molar-refractivity contribution in [1.29, 1.82) is 0 Å². The lowest BCUT2D eigenvalue weighted by Crippen LogP contribution is -2.32. The number of furan rings is 1. The number of nitrogens with zero attached hydrogens (tertiary/aromatic N) is 1. The first-order valence-corrected chi connectivity index (χ1v) is 6.87. The van der Waals surface area contributed by atoms with Gasteiger partial charge in [-0.05, 0) is 38.3 Å². The molecule has 0 aromatic carbocycles. The van der Waals surface area contributed by atoms with E-state index in [2.05, 4.69) is 24.2 Å². The number of aryl methyl sites for hydroxylation is 1. The molecule has 1 aliphatic heterocycles. The Balaban J connectivity index is 2.09. The number of carbonyl (C=O) groups excluding carboxylic acids is 1. The predicted octanol–water partition coefficient (Wildman–Crippen LogP) is 1.81. The van der Waals surface area contributed by atoms with Gasteiger partial charge < -0.3 is 4.42 Å². The number of carbonyl (C=O) groups is 1. The summed E-state index contributed by atoms with van der Waals surface area (Å²) >= 11 is 0. The third kappa shape index (κ3) is 2.98. The number of amides is 1. The Morgan fingerprint density at radius 2 is 2.37 bits per heavy atom. The second-order valence-electron chi connectivity index (χ2n) is 5.58. The largest absolute Gasteiger partial charge is 0.464 e. The molecule has 1 aromatic rings. The molecule has 1 aromatic heterocycles. The van der Waals surface area contributed by atoms with Gasteiger partial charge in [-0.25, -0.2) is 5.84 Å². The lowest BCUT2D eigenvalue weighted by atomic mass is 10.0. The van der Waals surface area contributed by atoms with E-state index in [-0.39, 0.29) is 5.91 Å². The number of hydrazine groups is 1. The van der Waals surface area contributed by atoms with Gasteiger partial charge in [0.15, 0.2) is 0 Å². The van der Waals surface area contributed by atoms with Crippen molar-refractivity contribution in [2.75, 3.05) is 6.54 Å². The zero-order chi connectivity index (χ0) is 14.0. The van der Waals surface area contributed by atoms with Crippen LogP contribution in [0.3, 0.4) is 0 Å². The van der Waals surface area contributed by atoms with Gasteiger partial charge in [0.1, 0.15) is 11.5 Å². The minimum absolute atomic E-state index is 0.297. The molecule has 1 atom stereocenters. The third-order valence-corrected chi connectivity index (χ3v) is 3.89. The summed E-state index contributed by atoms with van der Waals surface area (Å²) in [7, 11) is 0. The Bertz CT molecular complexity index is 454. The number of nitrogens with two attached hydrogens (primary N) is 1. The number of likely N-dealkylation sites (tertiary alicyclic amines) is 1. The van der Waals surface area contributed by atoms with Gasteiger partial charge in [0.25, 0.3) is 5.91 Å². The summed E-state index contributed by atoms with van der Waals surface area (Å²) in [5.74, 6) is 6.96. The van der Waals surface area contributed by atoms with Crippen LogP contribution in [0.25, 0.3) is 0 Å². The number of rotatable bonds is 4. The van der Waals surface area contributed by atoms with Crippen LogP contribution in [0.4, 0.5) is 0 Å². The lowest BCUT2D eigenvalue weighted by Gasteiger charge is -2.26. The Kier molecular flexibility index (Phi) is 4.27. The second kappa shape index (κ2) is 5.75. The van der Waals surface area contributed by atoms with Crippen molar-refractivity contribution < 1.29 is 9.21 Å². The van der Waals surface area contributed by atoms with E-state index < -0.39 is 0 Å². The van der Waals surface area contributed by atoms with Crippen molar-refractivity contribution in [3.63, 3.8) is 0 Å². The van der Waals surface area contributed by atoms with Crippen LogP contribution >= 0.6 is 0 Å². The highest BCUT2D eigenvalue weighted by Gasteiger charge is 2.28. The molecule has 0 radical (unpaired) electrons. The normalized spacial score (nSPS) is 20.2. The van der Waals surface area contributed by atoms with Crippen LogP contribution in [0.5, 0.6) is 0 Å². The SMILES string of the molecule is Cc1oc(CN2CCCC2C(C)C)cc1C(=O)NN. The van der Waals surface area contributed by atoms with Crippen molar-refractivity contribution >= 4 is 5.91 Å². The average Bonchev–Trinajstić information content (AvgIpc) is 2.95. The van der Waals surface area contributed by atoms with Gasteiger partial charge in [-0.1, -0.05) is 13.8 Å². The molecule has 0 spiro atoms. The van der Waals surface area contributed by atoms with Gasteiger partial charge in [-0.2, -0.15) is 0 Å². The third-order valence-electron chi connectivity index (χ3n) is 3.89. The van der Waals surface area contributed by atoms with E-state index >= 15 is 0 Å². The van der Waals surface area contributed by atoms with E-state index in [0.29, 0.717) is 23.3 Å². The quantitative estimate of drug-likeness (QED) is 0.495. The van der Waals surface area contributed by atoms with E-state index in [0.717, 1.165) is 18.8 Å². The molecule has 0 aliphatic carbocycles. The highest BCUT2D eigenvalue weighted by atomic mass is 16.3. The number of nitrogens with one attached hydrogen (secondary N) is 1. The summed E-state index contributed by atoms with van der Waals surface area (Å²) in [5, 5.41) is 0. The predicted molar refractivity (Wildman–Crippen MR) is 73.4 cm³/mol. The molecule has 1 unspecified atom stereocenters. The highest BCUT2D eigenvalue weighted by Crippen LogP contribution is 2.26. The first kappa shape index (κ1) is 14.1. The van der Waals surface area contributed by atoms with Crippen molar-refractivity contribution in [2.24, 2.45) is 11.8 Å². The first-order chi connectivity index (χ1) is 9.02. The summed E-state index contributed by atoms with van der Waals surface area (Å²) in [6, 6.07) is 2.41. The fraction of sp³-hybridized carbons (Fsp3) is 0.643. The summed E-state index contributed by atoms with van der Waals surface area (Å²) in [6.45, 7) is 8.16. The van der Waals surface area contributed by atoms with Gasteiger partial charge in [0.2, 0.25) is 0 Å². The van der Waals surface area contributed by atoms with Gasteiger partial charge in [-0.3, -0.25) is 15.1 Å². The van der Waals surface area contributed by atoms with Crippen LogP contribution in [0, 0.1) is 12.8 Å². The number of hydrogen-bond acceptors (Lipinski definition) is 4. The van der Waals surface area contributed by atoms with Crippen molar-refractivity contribution in [2.45, 2.75) is 46.2 Å². The molecule has 3 N–H and O–H groups in total. The van der Waals surface area contributed by atoms with E-state index in [1.807, 2.05) is 0 Å². The maximum absolute atomic E-state index is 11.5. The molecule has 2 rings (SSSR count). The maximum Gasteiger partial charge on any atom is 0.268 e. The molecule has 5 nitrogen and oxygen atoms in total. The van der Waals surface area contributed by atoms with E-state index in [1.54, 1.807) is 13.0 Å². The van der Waals surface area contributed by atoms with Crippen molar-refractivity contribution in [3.8, 4) is 0 Å². The minimum atomic E-state index is -0.297. The fourth-order valence-electron chi connectivity index (χ4n) is 2.93. The van der Waals surface area contributed by atoms with Crippen LogP contribution < -0.4 is 11.3 Å². The molecular formula is C14H23N3O2. The Morgan fingerprint density at radius 1 is 1.63 bits per heavy atom. The first-order valence-electron chi connectivity index (χ1n) is 6.87. The summed E-state index contributed by atoms with van der Waals surface area (Å²) < 4.78 is 5.67. The molecule has 1 saturated heterocycles. The second-order valence-corrected chi connectivity index (χ2v) is 5.58. The molecule has 5 heteroatoms. The van der Waals surface area contributed by atoms with Crippen LogP contribution in [-0.2, 0) is 6.54 Å². The standard InChI is InChI=1S/C14H23N3O2/c1-9(2)13-5-4-6-17(13)8-11-7-12(10(3)19-11)14(18)16-15/h7,9,13H,4-6,8,15H2,1-3H3,(H,16,18). The topological polar surface area (TPSA) is 71.5 Å². The van der Waals surface area contributed by atoms with Gasteiger partial charge in [0, 0.05) is 6.04 Å². The maximum atomic E-state index is 11.5. The van der Waals surface area contributed by atoms with E-state index in [4.69, 9.17) is 10.3 Å². The molecule has 1 fully saturated rings. The average molecular weight is 265 g/mol. The van der Waals surface area contributed by atoms with Crippen LogP contribution in [-0.4, -0.2) is 23.4 Å². The van der Waals surface area contributed by atoms with E-state index in [9.17, 15) is 4.79 Å². The molecule has 1 amide bonds. The molecule has 2 heterocycles. The molecule has 0 bridgehead atoms. The van der Waals surface area contributed by atoms with Crippen LogP contribution in [0.2, 0.25) is 0 Å². The number of hydrogen-bond donors (Lipinski definition) is 2. The summed E-state index contributed by atoms with van der Waals surface area (Å²) in [6.07, 6.45) is 2.48. The highest BCUT2D eigenvalue weighted by molar-refractivity contribution is 5.94. The Hall–Kier alpha value is -1.33. The zero-order valence-electron chi connectivity index (χ0n) is 11.9. The van der Waals surface area contributed by atoms with Gasteiger partial charge in [-0.15, -0.1) is 0 Å². The van der Waals surface area contributed by atoms with E-state index in [1.165, 1.54) is 12.8 Å². The summed E-state index contributed by atoms with van der Waals surface area (Å²) in [4.78, 5) is 14.0. The molecule has 106 valence electrons. The Labute approximate surface area is 114 Å². The van der Waals surface area contributed by atoms with Crippen LogP contribution in [0.1, 0.15) is 48.6 Å². The molecule has 19 heavy (non-hydrogen) atoms. The summed E-state index contributed by atoms with van der Waals surface area (Å²) in [5.41, 5.74) is 2.67. The smallest absolute Gasteiger partial charge is 0.268 e. The fourth-order valence-corrected chi connectivity index (χ4v) is 2.93. The monoisotopic (exact) mass is 265 g/mol. The minimum Gasteiger partial charge on any atom is -0.464 e. The van der Waals surface area contributed by atoms with Crippen LogP contribution in [0.15, 0.2) is 10.5 Å². The molecule has 0 saturated carbocycles. The lowest BCUT2D eigenvalue weighted by molar-refractivity contribution is 0.0952. The van der Waals surface area contributed by atoms with Gasteiger partial charge in [0.05, 0.1) is 12.1 Å². The van der Waals surface area contributed by atoms with Crippen molar-refractivity contribution in [3.05, 3.63) is 23.2 Å². The molecule has 1 aliphatic rings. The van der Waals surface area contributed by atoms with Crippen molar-refractivity contribution in [1.82, 2.24) is 10.3 Å². The molecular weight excluding hydrogens is 242 g/mol.